The molecule has 0 radical (unpaired) electrons. The Morgan fingerprint density at radius 3 is 2.20 bits per heavy atom. The lowest BCUT2D eigenvalue weighted by Crippen LogP contribution is -2.49. The number of hydrogen-bond acceptors (Lipinski definition) is 4. The molecule has 3 aromatic carbocycles. The number of para-hydroxylation sites is 1. The molecule has 6 nitrogen and oxygen atoms in total. The van der Waals surface area contributed by atoms with Crippen LogP contribution in [0.15, 0.2) is 66.7 Å². The number of piperazine rings is 1. The third-order valence-corrected chi connectivity index (χ3v) is 6.60. The molecular formula is C26H24Cl2N4O2S. The Morgan fingerprint density at radius 2 is 1.51 bits per heavy atom. The molecule has 180 valence electrons. The minimum absolute atomic E-state index is 0.0191. The first-order chi connectivity index (χ1) is 16.8. The van der Waals surface area contributed by atoms with E-state index in [9.17, 15) is 9.59 Å². The summed E-state index contributed by atoms with van der Waals surface area (Å²) in [5, 5.41) is 6.77. The number of nitrogens with zero attached hydrogens (tertiary/aromatic N) is 2. The zero-order valence-corrected chi connectivity index (χ0v) is 21.4. The zero-order valence-electron chi connectivity index (χ0n) is 19.1. The number of carbonyl (C=O) groups is 2. The van der Waals surface area contributed by atoms with Crippen LogP contribution in [0.4, 0.5) is 11.4 Å². The number of carbonyl (C=O) groups excluding carboxylic acids is 2. The van der Waals surface area contributed by atoms with Gasteiger partial charge in [0, 0.05) is 31.7 Å². The first kappa shape index (κ1) is 25.0. The average molecular weight is 527 g/mol. The van der Waals surface area contributed by atoms with E-state index in [2.05, 4.69) is 15.5 Å². The molecule has 1 aliphatic rings. The molecule has 0 unspecified atom stereocenters. The highest BCUT2D eigenvalue weighted by Crippen LogP contribution is 2.34. The number of anilines is 2. The maximum atomic E-state index is 12.9. The third-order valence-electron chi connectivity index (χ3n) is 5.76. The molecule has 1 aliphatic heterocycles. The van der Waals surface area contributed by atoms with Gasteiger partial charge in [-0.3, -0.25) is 14.9 Å². The van der Waals surface area contributed by atoms with Crippen LogP contribution in [0, 0.1) is 6.92 Å². The van der Waals surface area contributed by atoms with Crippen molar-refractivity contribution in [1.29, 1.82) is 0 Å². The fourth-order valence-electron chi connectivity index (χ4n) is 3.92. The Balaban J connectivity index is 1.43. The summed E-state index contributed by atoms with van der Waals surface area (Å²) in [4.78, 5) is 29.4. The molecule has 0 bridgehead atoms. The molecular weight excluding hydrogens is 503 g/mol. The molecule has 0 aromatic heterocycles. The largest absolute Gasteiger partial charge is 0.365 e. The maximum Gasteiger partial charge on any atom is 0.258 e. The van der Waals surface area contributed by atoms with Gasteiger partial charge in [0.15, 0.2) is 5.11 Å². The highest BCUT2D eigenvalue weighted by molar-refractivity contribution is 7.80. The second-order valence-electron chi connectivity index (χ2n) is 8.17. The Bertz CT molecular complexity index is 1260. The van der Waals surface area contributed by atoms with Gasteiger partial charge in [0.25, 0.3) is 11.8 Å². The van der Waals surface area contributed by atoms with E-state index in [0.29, 0.717) is 53.0 Å². The van der Waals surface area contributed by atoms with Gasteiger partial charge < -0.3 is 15.1 Å². The molecule has 2 amide bonds. The van der Waals surface area contributed by atoms with Crippen molar-refractivity contribution in [3.63, 3.8) is 0 Å². The van der Waals surface area contributed by atoms with Gasteiger partial charge in [0.05, 0.1) is 27.0 Å². The molecule has 1 fully saturated rings. The van der Waals surface area contributed by atoms with E-state index in [1.54, 1.807) is 30.3 Å². The van der Waals surface area contributed by atoms with Crippen LogP contribution in [0.1, 0.15) is 26.3 Å². The summed E-state index contributed by atoms with van der Waals surface area (Å²) < 4.78 is 0. The van der Waals surface area contributed by atoms with Crippen LogP contribution in [0.25, 0.3) is 0 Å². The van der Waals surface area contributed by atoms with Crippen LogP contribution in [0.2, 0.25) is 10.0 Å². The van der Waals surface area contributed by atoms with Gasteiger partial charge in [0.1, 0.15) is 0 Å². The highest BCUT2D eigenvalue weighted by atomic mass is 35.5. The first-order valence-corrected chi connectivity index (χ1v) is 12.3. The summed E-state index contributed by atoms with van der Waals surface area (Å²) in [6.07, 6.45) is 0. The number of nitrogens with one attached hydrogen (secondary N) is 2. The van der Waals surface area contributed by atoms with Crippen LogP contribution >= 0.6 is 35.4 Å². The minimum Gasteiger partial charge on any atom is -0.365 e. The van der Waals surface area contributed by atoms with Crippen molar-refractivity contribution < 1.29 is 9.59 Å². The van der Waals surface area contributed by atoms with Gasteiger partial charge >= 0.3 is 0 Å². The average Bonchev–Trinajstić information content (AvgIpc) is 2.84. The normalized spacial score (nSPS) is 13.3. The molecule has 0 aliphatic carbocycles. The predicted molar refractivity (Wildman–Crippen MR) is 146 cm³/mol. The fraction of sp³-hybridized carbons (Fsp3) is 0.192. The lowest BCUT2D eigenvalue weighted by Gasteiger charge is -2.37. The quantitative estimate of drug-likeness (QED) is 0.446. The van der Waals surface area contributed by atoms with Gasteiger partial charge in [-0.15, -0.1) is 0 Å². The Kier molecular flexibility index (Phi) is 7.90. The van der Waals surface area contributed by atoms with E-state index in [4.69, 9.17) is 35.4 Å². The third kappa shape index (κ3) is 5.93. The minimum atomic E-state index is -0.403. The summed E-state index contributed by atoms with van der Waals surface area (Å²) in [5.74, 6) is -0.384. The lowest BCUT2D eigenvalue weighted by molar-refractivity contribution is 0.0746. The molecule has 35 heavy (non-hydrogen) atoms. The summed E-state index contributed by atoms with van der Waals surface area (Å²) in [6.45, 7) is 4.33. The van der Waals surface area contributed by atoms with E-state index in [1.165, 1.54) is 0 Å². The molecule has 0 atom stereocenters. The van der Waals surface area contributed by atoms with E-state index in [-0.39, 0.29) is 11.0 Å². The monoisotopic (exact) mass is 526 g/mol. The summed E-state index contributed by atoms with van der Waals surface area (Å²) in [7, 11) is 0. The van der Waals surface area contributed by atoms with Gasteiger partial charge in [0.2, 0.25) is 0 Å². The first-order valence-electron chi connectivity index (χ1n) is 11.1. The Labute approximate surface area is 219 Å². The van der Waals surface area contributed by atoms with E-state index < -0.39 is 5.91 Å². The van der Waals surface area contributed by atoms with Gasteiger partial charge in [-0.2, -0.15) is 0 Å². The van der Waals surface area contributed by atoms with Crippen molar-refractivity contribution in [2.75, 3.05) is 36.4 Å². The molecule has 2 N–H and O–H groups in total. The van der Waals surface area contributed by atoms with Gasteiger partial charge in [-0.25, -0.2) is 0 Å². The standard InChI is InChI=1S/C26H24Cl2N4O2S/c1-17-9-11-18(12-10-17)25(34)32-15-13-31(14-16-32)23-21(28)7-4-8-22(23)29-26(35)30-24(33)19-5-2-3-6-20(19)27/h2-12H,13-16H2,1H3,(H2,29,30,33,35). The van der Waals surface area contributed by atoms with Crippen LogP contribution in [-0.4, -0.2) is 48.0 Å². The number of rotatable bonds is 4. The fourth-order valence-corrected chi connectivity index (χ4v) is 4.64. The number of amides is 2. The van der Waals surface area contributed by atoms with Gasteiger partial charge in [-0.05, 0) is 55.5 Å². The van der Waals surface area contributed by atoms with Crippen LogP contribution in [0.5, 0.6) is 0 Å². The van der Waals surface area contributed by atoms with Crippen molar-refractivity contribution >= 4 is 63.7 Å². The summed E-state index contributed by atoms with van der Waals surface area (Å²) >= 11 is 18.1. The van der Waals surface area contributed by atoms with Crippen molar-refractivity contribution in [1.82, 2.24) is 10.2 Å². The second kappa shape index (κ2) is 11.1. The number of aryl methyl sites for hydroxylation is 1. The molecule has 9 heteroatoms. The molecule has 1 heterocycles. The molecule has 0 spiro atoms. The predicted octanol–water partition coefficient (Wildman–Crippen LogP) is 5.39. The van der Waals surface area contributed by atoms with Crippen LogP contribution in [-0.2, 0) is 0 Å². The van der Waals surface area contributed by atoms with Crippen molar-refractivity contribution in [3.8, 4) is 0 Å². The topological polar surface area (TPSA) is 64.7 Å². The number of halogens is 2. The van der Waals surface area contributed by atoms with Crippen LogP contribution in [0.3, 0.4) is 0 Å². The number of thiocarbonyl (C=S) groups is 1. The summed E-state index contributed by atoms with van der Waals surface area (Å²) in [5.41, 5.74) is 3.57. The Hall–Kier alpha value is -3.13. The van der Waals surface area contributed by atoms with E-state index in [1.807, 2.05) is 48.2 Å². The number of hydrogen-bond donors (Lipinski definition) is 2. The molecule has 0 saturated carbocycles. The SMILES string of the molecule is Cc1ccc(C(=O)N2CCN(c3c(Cl)cccc3NC(=S)NC(=O)c3ccccc3Cl)CC2)cc1. The highest BCUT2D eigenvalue weighted by Gasteiger charge is 2.25. The number of benzene rings is 3. The van der Waals surface area contributed by atoms with E-state index in [0.717, 1.165) is 11.3 Å². The van der Waals surface area contributed by atoms with Crippen molar-refractivity contribution in [2.45, 2.75) is 6.92 Å². The zero-order chi connectivity index (χ0) is 24.9. The maximum absolute atomic E-state index is 12.9. The van der Waals surface area contributed by atoms with E-state index >= 15 is 0 Å². The molecule has 4 rings (SSSR count). The van der Waals surface area contributed by atoms with Crippen LogP contribution < -0.4 is 15.5 Å². The molecule has 1 saturated heterocycles. The van der Waals surface area contributed by atoms with Crippen molar-refractivity contribution in [3.05, 3.63) is 93.5 Å². The van der Waals surface area contributed by atoms with Crippen molar-refractivity contribution in [2.24, 2.45) is 0 Å². The van der Waals surface area contributed by atoms with Gasteiger partial charge in [-0.1, -0.05) is 59.1 Å². The molecule has 3 aromatic rings. The smallest absolute Gasteiger partial charge is 0.258 e. The lowest BCUT2D eigenvalue weighted by atomic mass is 10.1. The second-order valence-corrected chi connectivity index (χ2v) is 9.39. The Morgan fingerprint density at radius 1 is 0.857 bits per heavy atom. The summed E-state index contributed by atoms with van der Waals surface area (Å²) in [6, 6.07) is 19.8.